The Labute approximate surface area is 146 Å². The van der Waals surface area contributed by atoms with Gasteiger partial charge < -0.3 is 9.80 Å². The first-order valence-corrected chi connectivity index (χ1v) is 10.1. The first-order chi connectivity index (χ1) is 10.9. The molecule has 3 rings (SSSR count). The fourth-order valence-corrected chi connectivity index (χ4v) is 6.11. The third-order valence-electron chi connectivity index (χ3n) is 3.91. The van der Waals surface area contributed by atoms with E-state index in [-0.39, 0.29) is 9.92 Å². The maximum atomic E-state index is 12.8. The Hall–Kier alpha value is -1.08. The lowest BCUT2D eigenvalue weighted by molar-refractivity contribution is 0.415. The number of nitrogens with zero attached hydrogens (tertiary/aromatic N) is 2. The minimum absolute atomic E-state index is 0.182. The molecule has 0 spiro atoms. The van der Waals surface area contributed by atoms with Gasteiger partial charge in [-0.2, -0.15) is 0 Å². The van der Waals surface area contributed by atoms with Crippen LogP contribution in [0.4, 0.5) is 5.00 Å². The van der Waals surface area contributed by atoms with Gasteiger partial charge in [0.25, 0.3) is 0 Å². The quantitative estimate of drug-likeness (QED) is 0.810. The van der Waals surface area contributed by atoms with Crippen LogP contribution >= 0.6 is 22.9 Å². The molecule has 2 heterocycles. The third-order valence-corrected chi connectivity index (χ3v) is 7.88. The van der Waals surface area contributed by atoms with Gasteiger partial charge in [0.15, 0.2) is 0 Å². The van der Waals surface area contributed by atoms with Gasteiger partial charge >= 0.3 is 0 Å². The molecule has 0 unspecified atom stereocenters. The van der Waals surface area contributed by atoms with Gasteiger partial charge in [0.1, 0.15) is 4.21 Å². The van der Waals surface area contributed by atoms with Crippen molar-refractivity contribution in [1.29, 1.82) is 0 Å². The zero-order valence-electron chi connectivity index (χ0n) is 13.1. The van der Waals surface area contributed by atoms with Crippen LogP contribution in [0.15, 0.2) is 39.4 Å². The van der Waals surface area contributed by atoms with Crippen molar-refractivity contribution < 1.29 is 8.42 Å². The van der Waals surface area contributed by atoms with E-state index < -0.39 is 9.84 Å². The van der Waals surface area contributed by atoms with E-state index >= 15 is 0 Å². The summed E-state index contributed by atoms with van der Waals surface area (Å²) in [7, 11) is 0.528. The largest absolute Gasteiger partial charge is 0.362 e. The number of hydrogen-bond donors (Lipinski definition) is 0. The van der Waals surface area contributed by atoms with Gasteiger partial charge in [0.2, 0.25) is 9.84 Å². The average Bonchev–Trinajstić information content (AvgIpc) is 3.06. The summed E-state index contributed by atoms with van der Waals surface area (Å²) in [5.41, 5.74) is 1.12. The Balaban J connectivity index is 1.92. The predicted octanol–water partition coefficient (Wildman–Crippen LogP) is 3.16. The van der Waals surface area contributed by atoms with Crippen LogP contribution in [0.25, 0.3) is 0 Å². The van der Waals surface area contributed by atoms with Crippen molar-refractivity contribution in [2.75, 3.05) is 38.6 Å². The highest BCUT2D eigenvalue weighted by atomic mass is 35.5. The van der Waals surface area contributed by atoms with Crippen molar-refractivity contribution in [3.8, 4) is 0 Å². The smallest absolute Gasteiger partial charge is 0.217 e. The van der Waals surface area contributed by atoms with Crippen LogP contribution in [0, 0.1) is 0 Å². The summed E-state index contributed by atoms with van der Waals surface area (Å²) in [4.78, 5) is 4.58. The first-order valence-electron chi connectivity index (χ1n) is 7.41. The van der Waals surface area contributed by atoms with Gasteiger partial charge in [0, 0.05) is 19.6 Å². The van der Waals surface area contributed by atoms with E-state index in [1.807, 2.05) is 20.2 Å². The molecule has 0 bridgehead atoms. The van der Waals surface area contributed by atoms with Crippen molar-refractivity contribution >= 4 is 37.8 Å². The summed E-state index contributed by atoms with van der Waals surface area (Å²) in [5.74, 6) is 0. The maximum absolute atomic E-state index is 12.8. The number of halogens is 1. The fraction of sp³-hybridized carbons (Fsp3) is 0.375. The molecule has 124 valence electrons. The monoisotopic (exact) mass is 370 g/mol. The summed E-state index contributed by atoms with van der Waals surface area (Å²) >= 11 is 7.43. The van der Waals surface area contributed by atoms with E-state index in [0.717, 1.165) is 36.6 Å². The summed E-state index contributed by atoms with van der Waals surface area (Å²) in [5, 5.41) is 1.35. The highest BCUT2D eigenvalue weighted by Crippen LogP contribution is 2.41. The Morgan fingerprint density at radius 3 is 2.74 bits per heavy atom. The minimum Gasteiger partial charge on any atom is -0.362 e. The van der Waals surface area contributed by atoms with Crippen molar-refractivity contribution in [2.45, 2.75) is 15.5 Å². The van der Waals surface area contributed by atoms with Crippen LogP contribution in [0.2, 0.25) is 5.02 Å². The zero-order chi connectivity index (χ0) is 16.6. The molecule has 0 saturated heterocycles. The molecule has 0 aliphatic carbocycles. The Morgan fingerprint density at radius 1 is 1.30 bits per heavy atom. The number of anilines is 1. The van der Waals surface area contributed by atoms with Gasteiger partial charge in [0.05, 0.1) is 14.9 Å². The van der Waals surface area contributed by atoms with Crippen LogP contribution in [0.1, 0.15) is 5.56 Å². The second-order valence-electron chi connectivity index (χ2n) is 5.87. The minimum atomic E-state index is -3.55. The molecule has 1 aliphatic rings. The van der Waals surface area contributed by atoms with Crippen molar-refractivity contribution in [3.63, 3.8) is 0 Å². The topological polar surface area (TPSA) is 40.6 Å². The van der Waals surface area contributed by atoms with Crippen LogP contribution in [-0.4, -0.2) is 47.0 Å². The van der Waals surface area contributed by atoms with E-state index in [1.165, 1.54) is 11.3 Å². The Bertz CT molecular complexity index is 815. The van der Waals surface area contributed by atoms with Crippen molar-refractivity contribution in [1.82, 2.24) is 4.90 Å². The van der Waals surface area contributed by atoms with Crippen molar-refractivity contribution in [3.05, 3.63) is 40.9 Å². The van der Waals surface area contributed by atoms with Crippen LogP contribution in [-0.2, 0) is 16.3 Å². The Kier molecular flexibility index (Phi) is 4.69. The molecule has 7 heteroatoms. The molecular weight excluding hydrogens is 352 g/mol. The Morgan fingerprint density at radius 2 is 2.04 bits per heavy atom. The van der Waals surface area contributed by atoms with Crippen LogP contribution in [0.3, 0.4) is 0 Å². The molecule has 0 radical (unpaired) electrons. The molecule has 0 amide bonds. The lowest BCUT2D eigenvalue weighted by Gasteiger charge is -2.20. The SMILES string of the molecule is CN(C)CCN1CCc2cc(S(=O)(=O)c3ccccc3Cl)sc21. The van der Waals surface area contributed by atoms with E-state index in [2.05, 4.69) is 9.80 Å². The van der Waals surface area contributed by atoms with Gasteiger partial charge in [-0.1, -0.05) is 23.7 Å². The van der Waals surface area contributed by atoms with Gasteiger partial charge in [-0.3, -0.25) is 0 Å². The van der Waals surface area contributed by atoms with E-state index in [4.69, 9.17) is 11.6 Å². The zero-order valence-corrected chi connectivity index (χ0v) is 15.5. The molecular formula is C16H19ClN2O2S2. The van der Waals surface area contributed by atoms with E-state index in [1.54, 1.807) is 24.3 Å². The normalized spacial score (nSPS) is 14.5. The second-order valence-corrected chi connectivity index (χ2v) is 9.45. The second kappa shape index (κ2) is 6.43. The molecule has 4 nitrogen and oxygen atoms in total. The van der Waals surface area contributed by atoms with Crippen LogP contribution in [0.5, 0.6) is 0 Å². The molecule has 0 atom stereocenters. The summed E-state index contributed by atoms with van der Waals surface area (Å²) in [6.45, 7) is 2.82. The molecule has 0 N–H and O–H groups in total. The number of likely N-dealkylation sites (N-methyl/N-ethyl adjacent to an activating group) is 1. The molecule has 0 saturated carbocycles. The molecule has 0 fully saturated rings. The number of benzene rings is 1. The summed E-state index contributed by atoms with van der Waals surface area (Å²) in [6, 6.07) is 8.42. The van der Waals surface area contributed by atoms with Crippen molar-refractivity contribution in [2.24, 2.45) is 0 Å². The molecule has 1 aromatic carbocycles. The van der Waals surface area contributed by atoms with E-state index in [0.29, 0.717) is 4.21 Å². The molecule has 1 aromatic heterocycles. The van der Waals surface area contributed by atoms with E-state index in [9.17, 15) is 8.42 Å². The maximum Gasteiger partial charge on any atom is 0.217 e. The van der Waals surface area contributed by atoms with Gasteiger partial charge in [-0.25, -0.2) is 8.42 Å². The molecule has 23 heavy (non-hydrogen) atoms. The lowest BCUT2D eigenvalue weighted by Crippen LogP contribution is -2.29. The van der Waals surface area contributed by atoms with Gasteiger partial charge in [-0.15, -0.1) is 11.3 Å². The molecule has 1 aliphatic heterocycles. The first kappa shape index (κ1) is 16.8. The van der Waals surface area contributed by atoms with Crippen LogP contribution < -0.4 is 4.90 Å². The summed E-state index contributed by atoms with van der Waals surface area (Å²) in [6.07, 6.45) is 0.900. The number of thiophene rings is 1. The summed E-state index contributed by atoms with van der Waals surface area (Å²) < 4.78 is 26.0. The fourth-order valence-electron chi connectivity index (χ4n) is 2.64. The number of hydrogen-bond acceptors (Lipinski definition) is 5. The number of fused-ring (bicyclic) bond motifs is 1. The highest BCUT2D eigenvalue weighted by Gasteiger charge is 2.29. The third kappa shape index (κ3) is 3.26. The van der Waals surface area contributed by atoms with Gasteiger partial charge in [-0.05, 0) is 44.3 Å². The number of rotatable bonds is 5. The highest BCUT2D eigenvalue weighted by molar-refractivity contribution is 7.93. The standard InChI is InChI=1S/C16H19ClN2O2S2/c1-18(2)9-10-19-8-7-12-11-15(22-16(12)19)23(20,21)14-6-4-3-5-13(14)17/h3-6,11H,7-10H2,1-2H3. The molecule has 2 aromatic rings. The average molecular weight is 371 g/mol. The predicted molar refractivity (Wildman–Crippen MR) is 95.7 cm³/mol. The number of sulfone groups is 1. The lowest BCUT2D eigenvalue weighted by atomic mass is 10.3.